The van der Waals surface area contributed by atoms with E-state index in [1.54, 1.807) is 14.0 Å². The number of carbonyl (C=O) groups is 1. The van der Waals surface area contributed by atoms with E-state index in [-0.39, 0.29) is 0 Å². The number of para-hydroxylation sites is 1. The summed E-state index contributed by atoms with van der Waals surface area (Å²) in [6.45, 7) is 2.06. The molecular formula is C19H19N3O3S. The maximum Gasteiger partial charge on any atom is 0.356 e. The van der Waals surface area contributed by atoms with Crippen LogP contribution in [0.25, 0.3) is 10.9 Å². The van der Waals surface area contributed by atoms with Gasteiger partial charge in [0.1, 0.15) is 11.4 Å². The molecule has 0 amide bonds. The molecule has 0 saturated carbocycles. The molecule has 7 heteroatoms. The highest BCUT2D eigenvalue weighted by molar-refractivity contribution is 7.80. The van der Waals surface area contributed by atoms with Crippen molar-refractivity contribution in [2.24, 2.45) is 0 Å². The van der Waals surface area contributed by atoms with Gasteiger partial charge in [-0.15, -0.1) is 0 Å². The fourth-order valence-electron chi connectivity index (χ4n) is 2.60. The van der Waals surface area contributed by atoms with Crippen LogP contribution in [0, 0.1) is 0 Å². The molecule has 26 heavy (non-hydrogen) atoms. The van der Waals surface area contributed by atoms with Crippen molar-refractivity contribution in [2.75, 3.05) is 24.4 Å². The second-order valence-electron chi connectivity index (χ2n) is 5.45. The highest BCUT2D eigenvalue weighted by Gasteiger charge is 2.19. The van der Waals surface area contributed by atoms with E-state index in [0.29, 0.717) is 23.1 Å². The number of methoxy groups -OCH3 is 1. The number of H-pyrrole nitrogens is 1. The zero-order chi connectivity index (χ0) is 18.5. The molecule has 3 aromatic rings. The van der Waals surface area contributed by atoms with E-state index in [1.807, 2.05) is 48.5 Å². The highest BCUT2D eigenvalue weighted by atomic mass is 32.1. The lowest BCUT2D eigenvalue weighted by Gasteiger charge is -2.12. The molecule has 0 unspecified atom stereocenters. The van der Waals surface area contributed by atoms with E-state index in [2.05, 4.69) is 15.6 Å². The predicted octanol–water partition coefficient (Wildman–Crippen LogP) is 4.16. The molecule has 0 bridgehead atoms. The SMILES string of the molecule is CCOC(=O)c1[nH]c2ccccc2c1NC(=S)Nc1cccc(OC)c1. The molecule has 0 atom stereocenters. The molecule has 0 fully saturated rings. The number of anilines is 2. The topological polar surface area (TPSA) is 75.4 Å². The maximum absolute atomic E-state index is 12.3. The Balaban J connectivity index is 1.88. The van der Waals surface area contributed by atoms with Crippen molar-refractivity contribution in [1.29, 1.82) is 0 Å². The summed E-state index contributed by atoms with van der Waals surface area (Å²) in [5.41, 5.74) is 2.52. The third-order valence-electron chi connectivity index (χ3n) is 3.75. The van der Waals surface area contributed by atoms with Crippen LogP contribution in [0.4, 0.5) is 11.4 Å². The van der Waals surface area contributed by atoms with Crippen molar-refractivity contribution < 1.29 is 14.3 Å². The molecule has 0 spiro atoms. The van der Waals surface area contributed by atoms with Gasteiger partial charge in [-0.3, -0.25) is 0 Å². The number of carbonyl (C=O) groups excluding carboxylic acids is 1. The molecule has 0 radical (unpaired) electrons. The van der Waals surface area contributed by atoms with Crippen molar-refractivity contribution in [3.8, 4) is 5.75 Å². The molecule has 0 saturated heterocycles. The zero-order valence-corrected chi connectivity index (χ0v) is 15.3. The number of hydrogen-bond acceptors (Lipinski definition) is 4. The molecule has 1 aromatic heterocycles. The fourth-order valence-corrected chi connectivity index (χ4v) is 2.82. The van der Waals surface area contributed by atoms with Crippen molar-refractivity contribution in [2.45, 2.75) is 6.92 Å². The lowest BCUT2D eigenvalue weighted by atomic mass is 10.2. The summed E-state index contributed by atoms with van der Waals surface area (Å²) in [5.74, 6) is 0.285. The minimum absolute atomic E-state index is 0.292. The molecule has 0 aliphatic rings. The van der Waals surface area contributed by atoms with Crippen molar-refractivity contribution in [3.63, 3.8) is 0 Å². The minimum Gasteiger partial charge on any atom is -0.497 e. The van der Waals surface area contributed by atoms with Crippen LogP contribution in [0.2, 0.25) is 0 Å². The number of esters is 1. The Morgan fingerprint density at radius 3 is 2.73 bits per heavy atom. The van der Waals surface area contributed by atoms with E-state index >= 15 is 0 Å². The van der Waals surface area contributed by atoms with Crippen molar-refractivity contribution in [1.82, 2.24) is 4.98 Å². The van der Waals surface area contributed by atoms with Crippen molar-refractivity contribution in [3.05, 3.63) is 54.2 Å². The Morgan fingerprint density at radius 1 is 1.15 bits per heavy atom. The normalized spacial score (nSPS) is 10.4. The number of rotatable bonds is 5. The number of hydrogen-bond donors (Lipinski definition) is 3. The average Bonchev–Trinajstić information content (AvgIpc) is 3.01. The number of aromatic nitrogens is 1. The van der Waals surface area contributed by atoms with Crippen LogP contribution >= 0.6 is 12.2 Å². The summed E-state index contributed by atoms with van der Waals surface area (Å²) >= 11 is 5.41. The standard InChI is InChI=1S/C19H19N3O3S/c1-3-25-18(23)17-16(14-9-4-5-10-15(14)21-17)22-19(26)20-12-7-6-8-13(11-12)24-2/h4-11,21H,3H2,1-2H3,(H2,20,22,26). The highest BCUT2D eigenvalue weighted by Crippen LogP contribution is 2.28. The summed E-state index contributed by atoms with van der Waals surface area (Å²) in [6, 6.07) is 15.0. The quantitative estimate of drug-likeness (QED) is 0.463. The van der Waals surface area contributed by atoms with E-state index in [4.69, 9.17) is 21.7 Å². The first-order valence-corrected chi connectivity index (χ1v) is 8.53. The van der Waals surface area contributed by atoms with Gasteiger partial charge in [-0.2, -0.15) is 0 Å². The maximum atomic E-state index is 12.3. The Morgan fingerprint density at radius 2 is 1.96 bits per heavy atom. The van der Waals surface area contributed by atoms with Crippen LogP contribution in [0.5, 0.6) is 5.75 Å². The zero-order valence-electron chi connectivity index (χ0n) is 14.5. The van der Waals surface area contributed by atoms with Gasteiger partial charge >= 0.3 is 5.97 Å². The number of aromatic amines is 1. The van der Waals surface area contributed by atoms with Crippen LogP contribution in [-0.2, 0) is 4.74 Å². The second kappa shape index (κ2) is 7.88. The average molecular weight is 369 g/mol. The Kier molecular flexibility index (Phi) is 5.38. The van der Waals surface area contributed by atoms with Crippen molar-refractivity contribution >= 4 is 45.6 Å². The van der Waals surface area contributed by atoms with Crippen LogP contribution in [-0.4, -0.2) is 29.8 Å². The van der Waals surface area contributed by atoms with Gasteiger partial charge in [-0.05, 0) is 37.3 Å². The van der Waals surface area contributed by atoms with E-state index in [9.17, 15) is 4.79 Å². The number of benzene rings is 2. The number of thiocarbonyl (C=S) groups is 1. The number of nitrogens with one attached hydrogen (secondary N) is 3. The molecule has 1 heterocycles. The van der Waals surface area contributed by atoms with Gasteiger partial charge in [0, 0.05) is 22.7 Å². The first kappa shape index (κ1) is 17.8. The molecule has 0 aliphatic carbocycles. The summed E-state index contributed by atoms with van der Waals surface area (Å²) in [5, 5.41) is 7.41. The van der Waals surface area contributed by atoms with Crippen LogP contribution in [0.1, 0.15) is 17.4 Å². The Labute approximate surface area is 156 Å². The molecule has 2 aromatic carbocycles. The molecule has 0 aliphatic heterocycles. The van der Waals surface area contributed by atoms with Crippen LogP contribution < -0.4 is 15.4 Å². The first-order chi connectivity index (χ1) is 12.6. The van der Waals surface area contributed by atoms with Crippen LogP contribution in [0.15, 0.2) is 48.5 Å². The Hall–Kier alpha value is -3.06. The van der Waals surface area contributed by atoms with Gasteiger partial charge in [0.2, 0.25) is 0 Å². The summed E-state index contributed by atoms with van der Waals surface area (Å²) in [6.07, 6.45) is 0. The summed E-state index contributed by atoms with van der Waals surface area (Å²) in [4.78, 5) is 15.4. The number of ether oxygens (including phenoxy) is 2. The fraction of sp³-hybridized carbons (Fsp3) is 0.158. The van der Waals surface area contributed by atoms with Gasteiger partial charge in [0.15, 0.2) is 5.11 Å². The van der Waals surface area contributed by atoms with Gasteiger partial charge in [-0.1, -0.05) is 24.3 Å². The van der Waals surface area contributed by atoms with Gasteiger partial charge < -0.3 is 25.1 Å². The monoisotopic (exact) mass is 369 g/mol. The van der Waals surface area contributed by atoms with Gasteiger partial charge in [-0.25, -0.2) is 4.79 Å². The molecule has 134 valence electrons. The lowest BCUT2D eigenvalue weighted by molar-refractivity contribution is 0.0522. The third-order valence-corrected chi connectivity index (χ3v) is 3.96. The molecule has 3 rings (SSSR count). The lowest BCUT2D eigenvalue weighted by Crippen LogP contribution is -2.20. The minimum atomic E-state index is -0.435. The first-order valence-electron chi connectivity index (χ1n) is 8.12. The number of fused-ring (bicyclic) bond motifs is 1. The van der Waals surface area contributed by atoms with E-state index < -0.39 is 5.97 Å². The molecule has 6 nitrogen and oxygen atoms in total. The molecule has 3 N–H and O–H groups in total. The molecular weight excluding hydrogens is 350 g/mol. The second-order valence-corrected chi connectivity index (χ2v) is 5.86. The summed E-state index contributed by atoms with van der Waals surface area (Å²) < 4.78 is 10.3. The van der Waals surface area contributed by atoms with Crippen LogP contribution in [0.3, 0.4) is 0 Å². The van der Waals surface area contributed by atoms with Gasteiger partial charge in [0.25, 0.3) is 0 Å². The largest absolute Gasteiger partial charge is 0.497 e. The van der Waals surface area contributed by atoms with E-state index in [0.717, 1.165) is 22.3 Å². The third kappa shape index (κ3) is 3.78. The predicted molar refractivity (Wildman–Crippen MR) is 107 cm³/mol. The smallest absolute Gasteiger partial charge is 0.356 e. The summed E-state index contributed by atoms with van der Waals surface area (Å²) in [7, 11) is 1.60. The van der Waals surface area contributed by atoms with Gasteiger partial charge in [0.05, 0.1) is 19.4 Å². The van der Waals surface area contributed by atoms with E-state index in [1.165, 1.54) is 0 Å². The Bertz CT molecular complexity index is 952.